The van der Waals surface area contributed by atoms with Crippen molar-refractivity contribution in [3.05, 3.63) is 0 Å². The third kappa shape index (κ3) is 2.72. The normalized spacial score (nSPS) is 24.5. The van der Waals surface area contributed by atoms with E-state index in [2.05, 4.69) is 4.90 Å². The number of nitrogens with zero attached hydrogens (tertiary/aromatic N) is 1. The van der Waals surface area contributed by atoms with Gasteiger partial charge in [-0.25, -0.2) is 4.39 Å². The number of likely N-dealkylation sites (tertiary alicyclic amines) is 1. The summed E-state index contributed by atoms with van der Waals surface area (Å²) in [5.41, 5.74) is 0. The molecule has 0 aromatic rings. The van der Waals surface area contributed by atoms with Crippen LogP contribution >= 0.6 is 0 Å². The standard InChI is InChI=1S/C9H18FNO/c1-8(2)12-7-9-3-5-11(9)6-4-10/h8-9H,3-7H2,1-2H3/t9-/m0/s1. The van der Waals surface area contributed by atoms with Crippen LogP contribution in [0.2, 0.25) is 0 Å². The molecule has 0 unspecified atom stereocenters. The molecule has 0 spiro atoms. The Morgan fingerprint density at radius 2 is 2.33 bits per heavy atom. The van der Waals surface area contributed by atoms with Crippen molar-refractivity contribution in [2.24, 2.45) is 0 Å². The lowest BCUT2D eigenvalue weighted by Gasteiger charge is -2.40. The van der Waals surface area contributed by atoms with Gasteiger partial charge in [0.25, 0.3) is 0 Å². The van der Waals surface area contributed by atoms with Crippen LogP contribution in [-0.4, -0.2) is 43.4 Å². The van der Waals surface area contributed by atoms with Gasteiger partial charge in [-0.05, 0) is 20.3 Å². The summed E-state index contributed by atoms with van der Waals surface area (Å²) >= 11 is 0. The van der Waals surface area contributed by atoms with Gasteiger partial charge >= 0.3 is 0 Å². The molecule has 0 aliphatic carbocycles. The average molecular weight is 175 g/mol. The van der Waals surface area contributed by atoms with Crippen molar-refractivity contribution in [2.75, 3.05) is 26.4 Å². The van der Waals surface area contributed by atoms with Crippen LogP contribution in [0.1, 0.15) is 20.3 Å². The first-order valence-corrected chi connectivity index (χ1v) is 4.65. The molecule has 1 saturated heterocycles. The predicted octanol–water partition coefficient (Wildman–Crippen LogP) is 1.46. The van der Waals surface area contributed by atoms with E-state index in [1.807, 2.05) is 13.8 Å². The second-order valence-electron chi connectivity index (χ2n) is 3.55. The summed E-state index contributed by atoms with van der Waals surface area (Å²) < 4.78 is 17.4. The van der Waals surface area contributed by atoms with Crippen molar-refractivity contribution < 1.29 is 9.13 Å². The summed E-state index contributed by atoms with van der Waals surface area (Å²) in [7, 11) is 0. The Labute approximate surface area is 73.7 Å². The van der Waals surface area contributed by atoms with Gasteiger partial charge in [-0.1, -0.05) is 0 Å². The van der Waals surface area contributed by atoms with E-state index in [0.717, 1.165) is 19.6 Å². The first-order valence-electron chi connectivity index (χ1n) is 4.65. The van der Waals surface area contributed by atoms with E-state index in [-0.39, 0.29) is 12.8 Å². The van der Waals surface area contributed by atoms with Gasteiger partial charge in [0, 0.05) is 19.1 Å². The maximum absolute atomic E-state index is 12.0. The quantitative estimate of drug-likeness (QED) is 0.627. The van der Waals surface area contributed by atoms with Gasteiger partial charge in [0.15, 0.2) is 0 Å². The minimum Gasteiger partial charge on any atom is -0.377 e. The van der Waals surface area contributed by atoms with Gasteiger partial charge in [0.05, 0.1) is 12.7 Å². The summed E-state index contributed by atoms with van der Waals surface area (Å²) in [4.78, 5) is 2.14. The molecule has 0 aromatic heterocycles. The minimum atomic E-state index is -0.238. The lowest BCUT2D eigenvalue weighted by molar-refractivity contribution is -0.0189. The number of ether oxygens (including phenoxy) is 1. The number of hydrogen-bond donors (Lipinski definition) is 0. The molecule has 0 radical (unpaired) electrons. The molecule has 1 heterocycles. The average Bonchev–Trinajstić information content (AvgIpc) is 1.98. The van der Waals surface area contributed by atoms with Crippen LogP contribution in [0.15, 0.2) is 0 Å². The number of alkyl halides is 1. The van der Waals surface area contributed by atoms with Crippen LogP contribution in [0.4, 0.5) is 4.39 Å². The first-order chi connectivity index (χ1) is 5.74. The molecule has 2 nitrogen and oxygen atoms in total. The van der Waals surface area contributed by atoms with Gasteiger partial charge < -0.3 is 4.74 Å². The molecule has 72 valence electrons. The van der Waals surface area contributed by atoms with Gasteiger partial charge in [-0.2, -0.15) is 0 Å². The molecule has 1 rings (SSSR count). The van der Waals surface area contributed by atoms with E-state index >= 15 is 0 Å². The molecule has 1 atom stereocenters. The zero-order valence-electron chi connectivity index (χ0n) is 7.92. The number of hydrogen-bond acceptors (Lipinski definition) is 2. The fraction of sp³-hybridized carbons (Fsp3) is 1.00. The molecule has 0 amide bonds. The monoisotopic (exact) mass is 175 g/mol. The Bertz CT molecular complexity index is 130. The van der Waals surface area contributed by atoms with E-state index in [1.165, 1.54) is 0 Å². The summed E-state index contributed by atoms with van der Waals surface area (Å²) in [5, 5.41) is 0. The largest absolute Gasteiger partial charge is 0.377 e. The molecule has 1 aliphatic rings. The second kappa shape index (κ2) is 4.77. The SMILES string of the molecule is CC(C)OC[C@@H]1CCN1CCF. The molecule has 0 bridgehead atoms. The van der Waals surface area contributed by atoms with Crippen molar-refractivity contribution in [1.82, 2.24) is 4.90 Å². The zero-order chi connectivity index (χ0) is 8.97. The first kappa shape index (κ1) is 9.93. The minimum absolute atomic E-state index is 0.238. The van der Waals surface area contributed by atoms with Gasteiger partial charge in [-0.3, -0.25) is 4.90 Å². The number of rotatable bonds is 5. The van der Waals surface area contributed by atoms with Crippen molar-refractivity contribution in [3.8, 4) is 0 Å². The maximum atomic E-state index is 12.0. The smallest absolute Gasteiger partial charge is 0.102 e. The van der Waals surface area contributed by atoms with Crippen LogP contribution in [0.5, 0.6) is 0 Å². The Morgan fingerprint density at radius 3 is 2.75 bits per heavy atom. The topological polar surface area (TPSA) is 12.5 Å². The fourth-order valence-corrected chi connectivity index (χ4v) is 1.39. The summed E-state index contributed by atoms with van der Waals surface area (Å²) in [6.07, 6.45) is 1.45. The van der Waals surface area contributed by atoms with E-state index in [4.69, 9.17) is 4.74 Å². The van der Waals surface area contributed by atoms with Crippen LogP contribution < -0.4 is 0 Å². The molecule has 1 aliphatic heterocycles. The van der Waals surface area contributed by atoms with Crippen LogP contribution in [-0.2, 0) is 4.74 Å². The van der Waals surface area contributed by atoms with Crippen molar-refractivity contribution >= 4 is 0 Å². The highest BCUT2D eigenvalue weighted by Gasteiger charge is 2.27. The Hall–Kier alpha value is -0.150. The fourth-order valence-electron chi connectivity index (χ4n) is 1.39. The Kier molecular flexibility index (Phi) is 3.95. The second-order valence-corrected chi connectivity index (χ2v) is 3.55. The Balaban J connectivity index is 2.08. The molecular weight excluding hydrogens is 157 g/mol. The van der Waals surface area contributed by atoms with E-state index in [1.54, 1.807) is 0 Å². The third-order valence-corrected chi connectivity index (χ3v) is 2.26. The predicted molar refractivity (Wildman–Crippen MR) is 47.0 cm³/mol. The Morgan fingerprint density at radius 1 is 1.58 bits per heavy atom. The lowest BCUT2D eigenvalue weighted by atomic mass is 10.0. The summed E-state index contributed by atoms with van der Waals surface area (Å²) in [5.74, 6) is 0. The van der Waals surface area contributed by atoms with Crippen LogP contribution in [0.3, 0.4) is 0 Å². The molecule has 0 aromatic carbocycles. The van der Waals surface area contributed by atoms with Crippen LogP contribution in [0.25, 0.3) is 0 Å². The highest BCUT2D eigenvalue weighted by molar-refractivity contribution is 4.82. The van der Waals surface area contributed by atoms with E-state index in [0.29, 0.717) is 12.6 Å². The maximum Gasteiger partial charge on any atom is 0.102 e. The van der Waals surface area contributed by atoms with Gasteiger partial charge in [0.2, 0.25) is 0 Å². The highest BCUT2D eigenvalue weighted by Crippen LogP contribution is 2.17. The van der Waals surface area contributed by atoms with E-state index in [9.17, 15) is 4.39 Å². The zero-order valence-corrected chi connectivity index (χ0v) is 7.92. The van der Waals surface area contributed by atoms with Crippen molar-refractivity contribution in [2.45, 2.75) is 32.4 Å². The summed E-state index contributed by atoms with van der Waals surface area (Å²) in [6.45, 7) is 6.19. The molecule has 12 heavy (non-hydrogen) atoms. The molecule has 0 saturated carbocycles. The summed E-state index contributed by atoms with van der Waals surface area (Å²) in [6, 6.07) is 0.475. The van der Waals surface area contributed by atoms with Crippen molar-refractivity contribution in [3.63, 3.8) is 0 Å². The molecule has 3 heteroatoms. The highest BCUT2D eigenvalue weighted by atomic mass is 19.1. The van der Waals surface area contributed by atoms with Crippen LogP contribution in [0, 0.1) is 0 Å². The molecular formula is C9H18FNO. The van der Waals surface area contributed by atoms with Gasteiger partial charge in [0.1, 0.15) is 6.67 Å². The number of halogens is 1. The van der Waals surface area contributed by atoms with Gasteiger partial charge in [-0.15, -0.1) is 0 Å². The molecule has 1 fully saturated rings. The lowest BCUT2D eigenvalue weighted by Crippen LogP contribution is -2.51. The molecule has 0 N–H and O–H groups in total. The van der Waals surface area contributed by atoms with Crippen molar-refractivity contribution in [1.29, 1.82) is 0 Å². The van der Waals surface area contributed by atoms with E-state index < -0.39 is 0 Å². The third-order valence-electron chi connectivity index (χ3n) is 2.26.